The van der Waals surface area contributed by atoms with Crippen molar-refractivity contribution >= 4 is 0 Å². The zero-order chi connectivity index (χ0) is 14.8. The molecule has 0 unspecified atom stereocenters. The minimum atomic E-state index is -0.153. The zero-order valence-electron chi connectivity index (χ0n) is 12.4. The molecule has 0 aliphatic carbocycles. The second-order valence-corrected chi connectivity index (χ2v) is 5.91. The van der Waals surface area contributed by atoms with E-state index in [9.17, 15) is 4.79 Å². The maximum atomic E-state index is 11.7. The predicted octanol–water partition coefficient (Wildman–Crippen LogP) is 3.82. The summed E-state index contributed by atoms with van der Waals surface area (Å²) in [6, 6.07) is 9.62. The quantitative estimate of drug-likeness (QED) is 0.852. The van der Waals surface area contributed by atoms with Gasteiger partial charge in [-0.15, -0.1) is 0 Å². The number of ether oxygens (including phenoxy) is 1. The molecule has 0 aliphatic rings. The van der Waals surface area contributed by atoms with E-state index in [0.29, 0.717) is 12.4 Å². The molecule has 1 heterocycles. The van der Waals surface area contributed by atoms with Crippen molar-refractivity contribution in [3.8, 4) is 5.75 Å². The van der Waals surface area contributed by atoms with E-state index < -0.39 is 0 Å². The first-order valence-corrected chi connectivity index (χ1v) is 6.68. The summed E-state index contributed by atoms with van der Waals surface area (Å²) in [4.78, 5) is 11.7. The van der Waals surface area contributed by atoms with Crippen LogP contribution in [0.1, 0.15) is 37.7 Å². The average Bonchev–Trinajstić information content (AvgIpc) is 2.37. The minimum Gasteiger partial charge on any atom is -0.482 e. The van der Waals surface area contributed by atoms with Crippen LogP contribution in [0.15, 0.2) is 45.8 Å². The van der Waals surface area contributed by atoms with Gasteiger partial charge in [-0.25, -0.2) is 0 Å². The largest absolute Gasteiger partial charge is 0.482 e. The Morgan fingerprint density at radius 1 is 1.10 bits per heavy atom. The van der Waals surface area contributed by atoms with Gasteiger partial charge in [-0.2, -0.15) is 0 Å². The van der Waals surface area contributed by atoms with Gasteiger partial charge in [0.1, 0.15) is 12.4 Å². The van der Waals surface area contributed by atoms with Crippen LogP contribution in [-0.4, -0.2) is 0 Å². The van der Waals surface area contributed by atoms with E-state index in [2.05, 4.69) is 32.9 Å². The van der Waals surface area contributed by atoms with Crippen LogP contribution in [0, 0.1) is 6.92 Å². The highest BCUT2D eigenvalue weighted by Crippen LogP contribution is 2.22. The van der Waals surface area contributed by atoms with Crippen molar-refractivity contribution in [2.24, 2.45) is 0 Å². The van der Waals surface area contributed by atoms with Crippen molar-refractivity contribution in [1.82, 2.24) is 0 Å². The fraction of sp³-hybridized carbons (Fsp3) is 0.353. The van der Waals surface area contributed by atoms with Gasteiger partial charge in [0.25, 0.3) is 0 Å². The second-order valence-electron chi connectivity index (χ2n) is 5.91. The summed E-state index contributed by atoms with van der Waals surface area (Å²) in [5.41, 5.74) is 2.29. The zero-order valence-corrected chi connectivity index (χ0v) is 12.4. The number of hydrogen-bond donors (Lipinski definition) is 0. The standard InChI is InChI=1S/C17H20O3/c1-12-16(15(18)9-10-19-12)20-11-13-5-7-14(8-6-13)17(2,3)4/h5-10H,11H2,1-4H3. The number of benzene rings is 1. The van der Waals surface area contributed by atoms with Crippen molar-refractivity contribution in [2.75, 3.05) is 0 Å². The Balaban J connectivity index is 2.10. The van der Waals surface area contributed by atoms with Crippen molar-refractivity contribution in [1.29, 1.82) is 0 Å². The molecule has 1 aromatic carbocycles. The molecule has 2 aromatic rings. The predicted molar refractivity (Wildman–Crippen MR) is 79.2 cm³/mol. The first-order chi connectivity index (χ1) is 9.38. The maximum Gasteiger partial charge on any atom is 0.227 e. The van der Waals surface area contributed by atoms with E-state index in [0.717, 1.165) is 5.56 Å². The number of rotatable bonds is 3. The van der Waals surface area contributed by atoms with Gasteiger partial charge in [0, 0.05) is 6.07 Å². The lowest BCUT2D eigenvalue weighted by atomic mass is 9.87. The fourth-order valence-electron chi connectivity index (χ4n) is 1.93. The number of aryl methyl sites for hydroxylation is 1. The molecule has 0 N–H and O–H groups in total. The normalized spacial score (nSPS) is 11.4. The molecule has 1 aromatic heterocycles. The molecular formula is C17H20O3. The molecule has 3 heteroatoms. The lowest BCUT2D eigenvalue weighted by Crippen LogP contribution is -2.11. The lowest BCUT2D eigenvalue weighted by molar-refractivity contribution is 0.286. The maximum absolute atomic E-state index is 11.7. The van der Waals surface area contributed by atoms with E-state index in [-0.39, 0.29) is 16.6 Å². The topological polar surface area (TPSA) is 39.4 Å². The smallest absolute Gasteiger partial charge is 0.227 e. The van der Waals surface area contributed by atoms with Gasteiger partial charge >= 0.3 is 0 Å². The second kappa shape index (κ2) is 5.53. The summed E-state index contributed by atoms with van der Waals surface area (Å²) in [6.45, 7) is 8.62. The van der Waals surface area contributed by atoms with Crippen LogP contribution < -0.4 is 10.2 Å². The van der Waals surface area contributed by atoms with Gasteiger partial charge in [-0.05, 0) is 23.5 Å². The molecule has 0 amide bonds. The van der Waals surface area contributed by atoms with Gasteiger partial charge in [-0.1, -0.05) is 45.0 Å². The van der Waals surface area contributed by atoms with Crippen LogP contribution in [0.2, 0.25) is 0 Å². The minimum absolute atomic E-state index is 0.135. The highest BCUT2D eigenvalue weighted by atomic mass is 16.5. The van der Waals surface area contributed by atoms with E-state index >= 15 is 0 Å². The molecular weight excluding hydrogens is 252 g/mol. The van der Waals surface area contributed by atoms with Gasteiger partial charge in [0.2, 0.25) is 11.2 Å². The Kier molecular flexibility index (Phi) is 3.98. The third kappa shape index (κ3) is 3.29. The molecule has 0 radical (unpaired) electrons. The molecule has 2 rings (SSSR count). The van der Waals surface area contributed by atoms with E-state index in [1.54, 1.807) is 6.92 Å². The number of hydrogen-bond acceptors (Lipinski definition) is 3. The molecule has 0 saturated carbocycles. The van der Waals surface area contributed by atoms with Crippen molar-refractivity contribution in [3.05, 3.63) is 63.7 Å². The molecule has 106 valence electrons. The summed E-state index contributed by atoms with van der Waals surface area (Å²) in [7, 11) is 0. The molecule has 0 atom stereocenters. The Bertz CT molecular complexity index is 631. The first-order valence-electron chi connectivity index (χ1n) is 6.68. The third-order valence-electron chi connectivity index (χ3n) is 3.21. The van der Waals surface area contributed by atoms with E-state index in [4.69, 9.17) is 9.15 Å². The third-order valence-corrected chi connectivity index (χ3v) is 3.21. The SMILES string of the molecule is Cc1occc(=O)c1OCc1ccc(C(C)(C)C)cc1. The van der Waals surface area contributed by atoms with Crippen LogP contribution in [0.3, 0.4) is 0 Å². The molecule has 0 bridgehead atoms. The monoisotopic (exact) mass is 272 g/mol. The Labute approximate surface area is 119 Å². The van der Waals surface area contributed by atoms with Crippen LogP contribution >= 0.6 is 0 Å². The van der Waals surface area contributed by atoms with Crippen molar-refractivity contribution in [3.63, 3.8) is 0 Å². The Morgan fingerprint density at radius 2 is 1.75 bits per heavy atom. The molecule has 0 saturated heterocycles. The molecule has 0 fully saturated rings. The van der Waals surface area contributed by atoms with Gasteiger partial charge in [-0.3, -0.25) is 4.79 Å². The summed E-state index contributed by atoms with van der Waals surface area (Å²) in [6.07, 6.45) is 1.38. The fourth-order valence-corrected chi connectivity index (χ4v) is 1.93. The summed E-state index contributed by atoms with van der Waals surface area (Å²) < 4.78 is 10.7. The van der Waals surface area contributed by atoms with Crippen LogP contribution in [0.25, 0.3) is 0 Å². The summed E-state index contributed by atoms with van der Waals surface area (Å²) >= 11 is 0. The highest BCUT2D eigenvalue weighted by Gasteiger charge is 2.13. The summed E-state index contributed by atoms with van der Waals surface area (Å²) in [5, 5.41) is 0. The molecule has 0 spiro atoms. The van der Waals surface area contributed by atoms with Gasteiger partial charge in [0.05, 0.1) is 6.26 Å². The van der Waals surface area contributed by atoms with E-state index in [1.807, 2.05) is 12.1 Å². The lowest BCUT2D eigenvalue weighted by Gasteiger charge is -2.19. The highest BCUT2D eigenvalue weighted by molar-refractivity contribution is 5.28. The Hall–Kier alpha value is -2.03. The average molecular weight is 272 g/mol. The van der Waals surface area contributed by atoms with Crippen molar-refractivity contribution < 1.29 is 9.15 Å². The van der Waals surface area contributed by atoms with Gasteiger partial charge < -0.3 is 9.15 Å². The van der Waals surface area contributed by atoms with Gasteiger partial charge in [0.15, 0.2) is 0 Å². The van der Waals surface area contributed by atoms with Crippen LogP contribution in [0.5, 0.6) is 5.75 Å². The first kappa shape index (κ1) is 14.4. The molecule has 20 heavy (non-hydrogen) atoms. The van der Waals surface area contributed by atoms with Crippen LogP contribution in [-0.2, 0) is 12.0 Å². The molecule has 3 nitrogen and oxygen atoms in total. The Morgan fingerprint density at radius 3 is 2.30 bits per heavy atom. The summed E-state index contributed by atoms with van der Waals surface area (Å²) in [5.74, 6) is 0.788. The van der Waals surface area contributed by atoms with E-state index in [1.165, 1.54) is 17.9 Å². The van der Waals surface area contributed by atoms with Crippen molar-refractivity contribution in [2.45, 2.75) is 39.7 Å². The molecule has 0 aliphatic heterocycles. The van der Waals surface area contributed by atoms with Crippen LogP contribution in [0.4, 0.5) is 0 Å².